The molecule has 0 aliphatic carbocycles. The average molecular weight is 507 g/mol. The third-order valence-corrected chi connectivity index (χ3v) is 9.87. The third kappa shape index (κ3) is 5.19. The highest BCUT2D eigenvalue weighted by atomic mass is 32.2. The zero-order valence-corrected chi connectivity index (χ0v) is 22.1. The van der Waals surface area contributed by atoms with Crippen LogP contribution in [-0.2, 0) is 19.1 Å². The summed E-state index contributed by atoms with van der Waals surface area (Å²) in [6.07, 6.45) is 9.17. The Morgan fingerprint density at radius 3 is 2.69 bits per heavy atom. The van der Waals surface area contributed by atoms with E-state index >= 15 is 0 Å². The smallest absolute Gasteiger partial charge is 0.310 e. The number of allylic oxidation sites excluding steroid dienone is 1. The fourth-order valence-corrected chi connectivity index (χ4v) is 8.62. The number of aliphatic hydroxyl groups excluding tert-OH is 1. The second-order valence-electron chi connectivity index (χ2n) is 10.0. The molecule has 0 aromatic carbocycles. The summed E-state index contributed by atoms with van der Waals surface area (Å²) in [5, 5.41) is 9.49. The highest BCUT2D eigenvalue weighted by molar-refractivity contribution is 8.02. The molecule has 3 aliphatic heterocycles. The van der Waals surface area contributed by atoms with E-state index in [1.807, 2.05) is 4.90 Å². The number of esters is 1. The number of likely N-dealkylation sites (tertiary alicyclic amines) is 1. The van der Waals surface area contributed by atoms with Crippen LogP contribution in [0.4, 0.5) is 0 Å². The molecule has 196 valence electrons. The normalized spacial score (nSPS) is 30.9. The lowest BCUT2D eigenvalue weighted by Gasteiger charge is -2.40. The number of carbonyl (C=O) groups is 3. The van der Waals surface area contributed by atoms with Gasteiger partial charge in [-0.2, -0.15) is 0 Å². The standard InChI is InChI=1S/C27H42N2O5S/c1-5-8-10-14-28(13-7-3)25(32)23-27-19(4)18-20(35-27)21(26(33)34-17-11-9-6-2)22(27)24(31)29(23)15-12-16-30/h6-7,19-23,30H,2-3,5,8-18H2,1,4H3/t19?,20-,21+,22-,23?,27?/m0/s1. The molecule has 3 saturated heterocycles. The molecule has 6 atom stereocenters. The van der Waals surface area contributed by atoms with Crippen molar-refractivity contribution < 1.29 is 24.2 Å². The summed E-state index contributed by atoms with van der Waals surface area (Å²) < 4.78 is 4.96. The number of carbonyl (C=O) groups excluding carboxylic acids is 3. The van der Waals surface area contributed by atoms with Crippen LogP contribution < -0.4 is 0 Å². The monoisotopic (exact) mass is 506 g/mol. The number of fused-ring (bicyclic) bond motifs is 1. The van der Waals surface area contributed by atoms with Gasteiger partial charge in [-0.1, -0.05) is 38.8 Å². The lowest BCUT2D eigenvalue weighted by Crippen LogP contribution is -2.57. The van der Waals surface area contributed by atoms with E-state index in [-0.39, 0.29) is 35.6 Å². The van der Waals surface area contributed by atoms with E-state index in [9.17, 15) is 19.5 Å². The van der Waals surface area contributed by atoms with Crippen molar-refractivity contribution in [1.82, 2.24) is 9.80 Å². The van der Waals surface area contributed by atoms with Crippen LogP contribution in [0.3, 0.4) is 0 Å². The van der Waals surface area contributed by atoms with Gasteiger partial charge >= 0.3 is 5.97 Å². The van der Waals surface area contributed by atoms with Crippen LogP contribution in [0, 0.1) is 17.8 Å². The minimum absolute atomic E-state index is 0.0194. The van der Waals surface area contributed by atoms with Crippen molar-refractivity contribution in [1.29, 1.82) is 0 Å². The Balaban J connectivity index is 1.93. The topological polar surface area (TPSA) is 87.2 Å². The van der Waals surface area contributed by atoms with Crippen LogP contribution in [0.2, 0.25) is 0 Å². The molecule has 3 rings (SSSR count). The molecule has 1 N–H and O–H groups in total. The Bertz CT molecular complexity index is 804. The van der Waals surface area contributed by atoms with Crippen LogP contribution in [0.25, 0.3) is 0 Å². The Kier molecular flexibility index (Phi) is 9.87. The molecule has 0 saturated carbocycles. The summed E-state index contributed by atoms with van der Waals surface area (Å²) >= 11 is 1.66. The van der Waals surface area contributed by atoms with Crippen molar-refractivity contribution >= 4 is 29.5 Å². The third-order valence-electron chi connectivity index (χ3n) is 7.80. The van der Waals surface area contributed by atoms with Crippen LogP contribution >= 0.6 is 11.8 Å². The first kappa shape index (κ1) is 27.8. The summed E-state index contributed by atoms with van der Waals surface area (Å²) in [4.78, 5) is 44.7. The second-order valence-corrected chi connectivity index (χ2v) is 11.6. The largest absolute Gasteiger partial charge is 0.465 e. The Labute approximate surface area is 214 Å². The number of thioether (sulfide) groups is 1. The molecule has 0 aromatic heterocycles. The number of nitrogens with zero attached hydrogens (tertiary/aromatic N) is 2. The number of rotatable bonds is 15. The lowest BCUT2D eigenvalue weighted by atomic mass is 9.66. The molecule has 3 fully saturated rings. The van der Waals surface area contributed by atoms with Gasteiger partial charge in [0.1, 0.15) is 6.04 Å². The van der Waals surface area contributed by atoms with Crippen molar-refractivity contribution in [3.05, 3.63) is 25.3 Å². The molecular formula is C27H42N2O5S. The first-order valence-corrected chi connectivity index (χ1v) is 14.0. The fraction of sp³-hybridized carbons (Fsp3) is 0.741. The van der Waals surface area contributed by atoms with Gasteiger partial charge in [-0.3, -0.25) is 14.4 Å². The predicted molar refractivity (Wildman–Crippen MR) is 139 cm³/mol. The lowest BCUT2D eigenvalue weighted by molar-refractivity contribution is -0.154. The molecule has 8 heteroatoms. The molecule has 7 nitrogen and oxygen atoms in total. The molecule has 0 aromatic rings. The van der Waals surface area contributed by atoms with Crippen molar-refractivity contribution in [3.63, 3.8) is 0 Å². The Morgan fingerprint density at radius 1 is 1.26 bits per heavy atom. The van der Waals surface area contributed by atoms with Crippen molar-refractivity contribution in [2.75, 3.05) is 32.8 Å². The highest BCUT2D eigenvalue weighted by Crippen LogP contribution is 2.68. The molecular weight excluding hydrogens is 464 g/mol. The molecule has 3 unspecified atom stereocenters. The number of unbranched alkanes of at least 4 members (excludes halogenated alkanes) is 3. The first-order valence-electron chi connectivity index (χ1n) is 13.1. The summed E-state index contributed by atoms with van der Waals surface area (Å²) in [7, 11) is 0. The number of ether oxygens (including phenoxy) is 1. The van der Waals surface area contributed by atoms with Gasteiger partial charge in [-0.25, -0.2) is 0 Å². The zero-order valence-electron chi connectivity index (χ0n) is 21.3. The summed E-state index contributed by atoms with van der Waals surface area (Å²) in [5.74, 6) is -1.50. The molecule has 3 heterocycles. The first-order chi connectivity index (χ1) is 16.9. The van der Waals surface area contributed by atoms with E-state index in [2.05, 4.69) is 27.0 Å². The van der Waals surface area contributed by atoms with Gasteiger partial charge < -0.3 is 19.6 Å². The SMILES string of the molecule is C=CCCCOC(=O)[C@@H]1[C@@H]2CC(C)C3(S2)C(C(=O)N(CC=C)CCCCC)N(CCCO)C(=O)[C@H]13. The van der Waals surface area contributed by atoms with Crippen molar-refractivity contribution in [3.8, 4) is 0 Å². The molecule has 0 radical (unpaired) electrons. The van der Waals surface area contributed by atoms with Crippen LogP contribution in [0.15, 0.2) is 25.3 Å². The summed E-state index contributed by atoms with van der Waals surface area (Å²) in [5.41, 5.74) is 0. The van der Waals surface area contributed by atoms with Crippen molar-refractivity contribution in [2.45, 2.75) is 74.8 Å². The average Bonchev–Trinajstić information content (AvgIpc) is 3.43. The Morgan fingerprint density at radius 2 is 2.03 bits per heavy atom. The number of hydrogen-bond donors (Lipinski definition) is 1. The maximum absolute atomic E-state index is 14.1. The molecule has 1 spiro atoms. The number of amides is 2. The van der Waals surface area contributed by atoms with Crippen LogP contribution in [0.1, 0.15) is 58.8 Å². The van der Waals surface area contributed by atoms with Gasteiger partial charge in [0, 0.05) is 31.5 Å². The van der Waals surface area contributed by atoms with Gasteiger partial charge in [0.25, 0.3) is 0 Å². The van der Waals surface area contributed by atoms with E-state index < -0.39 is 22.6 Å². The fourth-order valence-electron chi connectivity index (χ4n) is 6.22. The maximum Gasteiger partial charge on any atom is 0.310 e. The van der Waals surface area contributed by atoms with Crippen LogP contribution in [0.5, 0.6) is 0 Å². The van der Waals surface area contributed by atoms with Gasteiger partial charge in [0.15, 0.2) is 0 Å². The van der Waals surface area contributed by atoms with E-state index in [0.717, 1.165) is 32.1 Å². The molecule has 3 aliphatic rings. The predicted octanol–water partition coefficient (Wildman–Crippen LogP) is 3.42. The number of aliphatic hydroxyl groups is 1. The minimum Gasteiger partial charge on any atom is -0.465 e. The molecule has 2 amide bonds. The van der Waals surface area contributed by atoms with Gasteiger partial charge in [-0.05, 0) is 38.0 Å². The molecule has 35 heavy (non-hydrogen) atoms. The Hall–Kier alpha value is -1.80. The van der Waals surface area contributed by atoms with Gasteiger partial charge in [0.05, 0.1) is 23.2 Å². The van der Waals surface area contributed by atoms with Gasteiger partial charge in [-0.15, -0.1) is 24.9 Å². The minimum atomic E-state index is -0.650. The van der Waals surface area contributed by atoms with Gasteiger partial charge in [0.2, 0.25) is 11.8 Å². The van der Waals surface area contributed by atoms with E-state index in [1.54, 1.807) is 28.8 Å². The van der Waals surface area contributed by atoms with E-state index in [0.29, 0.717) is 39.1 Å². The van der Waals surface area contributed by atoms with Crippen molar-refractivity contribution in [2.24, 2.45) is 17.8 Å². The summed E-state index contributed by atoms with van der Waals surface area (Å²) in [6.45, 7) is 13.4. The number of hydrogen-bond acceptors (Lipinski definition) is 6. The maximum atomic E-state index is 14.1. The van der Waals surface area contributed by atoms with Crippen LogP contribution in [-0.4, -0.2) is 81.6 Å². The second kappa shape index (κ2) is 12.4. The quantitative estimate of drug-likeness (QED) is 0.208. The van der Waals surface area contributed by atoms with E-state index in [4.69, 9.17) is 4.74 Å². The summed E-state index contributed by atoms with van der Waals surface area (Å²) in [6, 6.07) is -0.642. The highest BCUT2D eigenvalue weighted by Gasteiger charge is 2.76. The molecule has 2 bridgehead atoms. The van der Waals surface area contributed by atoms with E-state index in [1.165, 1.54) is 0 Å². The zero-order chi connectivity index (χ0) is 25.6.